The van der Waals surface area contributed by atoms with Gasteiger partial charge in [-0.05, 0) is 5.92 Å². The van der Waals surface area contributed by atoms with E-state index in [1.54, 1.807) is 14.2 Å². The molecule has 2 rings (SSSR count). The minimum absolute atomic E-state index is 0.445. The molecule has 1 unspecified atom stereocenters. The summed E-state index contributed by atoms with van der Waals surface area (Å²) in [5.41, 5.74) is 2.15. The van der Waals surface area contributed by atoms with Crippen LogP contribution in [0.3, 0.4) is 0 Å². The first kappa shape index (κ1) is 11.9. The third-order valence-corrected chi connectivity index (χ3v) is 3.18. The highest BCUT2D eigenvalue weighted by Gasteiger charge is 2.21. The number of rotatable bonds is 3. The lowest BCUT2D eigenvalue weighted by atomic mass is 10.0. The molecule has 0 bridgehead atoms. The van der Waals surface area contributed by atoms with E-state index in [4.69, 9.17) is 9.47 Å². The molecule has 4 nitrogen and oxygen atoms in total. The molecule has 0 saturated carbocycles. The summed E-state index contributed by atoms with van der Waals surface area (Å²) in [5.74, 6) is 2.09. The van der Waals surface area contributed by atoms with Crippen molar-refractivity contribution in [1.29, 1.82) is 0 Å². The maximum Gasteiger partial charge on any atom is 0.162 e. The van der Waals surface area contributed by atoms with E-state index in [0.717, 1.165) is 29.4 Å². The fourth-order valence-corrected chi connectivity index (χ4v) is 2.02. The van der Waals surface area contributed by atoms with Crippen LogP contribution >= 0.6 is 0 Å². The maximum absolute atomic E-state index is 5.31. The van der Waals surface area contributed by atoms with Crippen LogP contribution in [0.5, 0.6) is 11.5 Å². The molecular weight excluding hydrogens is 216 g/mol. The van der Waals surface area contributed by atoms with Crippen molar-refractivity contribution in [2.45, 2.75) is 19.9 Å². The van der Waals surface area contributed by atoms with Crippen LogP contribution in [0.25, 0.3) is 0 Å². The molecule has 0 aliphatic carbocycles. The fraction of sp³-hybridized carbons (Fsp3) is 0.538. The average Bonchev–Trinajstić information content (AvgIpc) is 2.36. The minimum Gasteiger partial charge on any atom is -0.493 e. The van der Waals surface area contributed by atoms with Gasteiger partial charge in [-0.2, -0.15) is 0 Å². The zero-order chi connectivity index (χ0) is 12.4. The first-order valence-electron chi connectivity index (χ1n) is 5.92. The Morgan fingerprint density at radius 1 is 1.12 bits per heavy atom. The molecule has 2 N–H and O–H groups in total. The summed E-state index contributed by atoms with van der Waals surface area (Å²) in [6, 6.07) is 4.40. The summed E-state index contributed by atoms with van der Waals surface area (Å²) < 4.78 is 10.6. The summed E-state index contributed by atoms with van der Waals surface area (Å²) in [6.07, 6.45) is 0. The minimum atomic E-state index is 0.445. The lowest BCUT2D eigenvalue weighted by Crippen LogP contribution is -2.37. The van der Waals surface area contributed by atoms with Gasteiger partial charge in [0.25, 0.3) is 0 Å². The van der Waals surface area contributed by atoms with Crippen molar-refractivity contribution in [2.24, 2.45) is 5.92 Å². The van der Waals surface area contributed by atoms with Crippen molar-refractivity contribution in [1.82, 2.24) is 0 Å². The second-order valence-electron chi connectivity index (χ2n) is 4.63. The van der Waals surface area contributed by atoms with Crippen LogP contribution in [0.1, 0.15) is 13.8 Å². The quantitative estimate of drug-likeness (QED) is 0.846. The third-order valence-electron chi connectivity index (χ3n) is 3.18. The third kappa shape index (κ3) is 2.25. The second kappa shape index (κ2) is 4.73. The number of ether oxygens (including phenoxy) is 2. The standard InChI is InChI=1S/C13H20N2O2/c1-8(2)11-7-14-9-5-12(16-3)13(17-4)6-10(9)15-11/h5-6,8,11,14-15H,7H2,1-4H3. The van der Waals surface area contributed by atoms with E-state index in [1.807, 2.05) is 12.1 Å². The van der Waals surface area contributed by atoms with Crippen LogP contribution in [0.4, 0.5) is 11.4 Å². The van der Waals surface area contributed by atoms with Crippen molar-refractivity contribution in [3.63, 3.8) is 0 Å². The molecule has 1 atom stereocenters. The van der Waals surface area contributed by atoms with Gasteiger partial charge in [-0.15, -0.1) is 0 Å². The Bertz CT molecular complexity index is 405. The molecule has 1 aliphatic rings. The normalized spacial score (nSPS) is 18.1. The lowest BCUT2D eigenvalue weighted by Gasteiger charge is -2.31. The van der Waals surface area contributed by atoms with Crippen LogP contribution in [-0.2, 0) is 0 Å². The number of benzene rings is 1. The smallest absolute Gasteiger partial charge is 0.162 e. The highest BCUT2D eigenvalue weighted by atomic mass is 16.5. The van der Waals surface area contributed by atoms with Crippen molar-refractivity contribution in [3.05, 3.63) is 12.1 Å². The highest BCUT2D eigenvalue weighted by Crippen LogP contribution is 2.38. The second-order valence-corrected chi connectivity index (χ2v) is 4.63. The predicted octanol–water partition coefficient (Wildman–Crippen LogP) is 2.57. The number of hydrogen-bond acceptors (Lipinski definition) is 4. The van der Waals surface area contributed by atoms with Crippen molar-refractivity contribution >= 4 is 11.4 Å². The summed E-state index contributed by atoms with van der Waals surface area (Å²) in [4.78, 5) is 0. The fourth-order valence-electron chi connectivity index (χ4n) is 2.02. The Hall–Kier alpha value is -1.58. The Morgan fingerprint density at radius 3 is 2.24 bits per heavy atom. The van der Waals surface area contributed by atoms with Gasteiger partial charge in [-0.1, -0.05) is 13.8 Å². The summed E-state index contributed by atoms with van der Waals surface area (Å²) in [5, 5.41) is 6.95. The van der Waals surface area contributed by atoms with Crippen molar-refractivity contribution in [3.8, 4) is 11.5 Å². The van der Waals surface area contributed by atoms with E-state index >= 15 is 0 Å². The first-order chi connectivity index (χ1) is 8.15. The van der Waals surface area contributed by atoms with E-state index in [1.165, 1.54) is 0 Å². The summed E-state index contributed by atoms with van der Waals surface area (Å²) >= 11 is 0. The molecule has 1 heterocycles. The van der Waals surface area contributed by atoms with Gasteiger partial charge in [0.15, 0.2) is 11.5 Å². The maximum atomic E-state index is 5.31. The van der Waals surface area contributed by atoms with Crippen LogP contribution in [0, 0.1) is 5.92 Å². The van der Waals surface area contributed by atoms with Gasteiger partial charge in [0.05, 0.1) is 25.6 Å². The Labute approximate surface area is 102 Å². The Kier molecular flexibility index (Phi) is 3.31. The SMILES string of the molecule is COc1cc2c(cc1OC)NC(C(C)C)CN2. The van der Waals surface area contributed by atoms with E-state index in [2.05, 4.69) is 24.5 Å². The van der Waals surface area contributed by atoms with E-state index in [-0.39, 0.29) is 0 Å². The molecule has 0 fully saturated rings. The predicted molar refractivity (Wildman–Crippen MR) is 70.3 cm³/mol. The molecule has 17 heavy (non-hydrogen) atoms. The van der Waals surface area contributed by atoms with E-state index in [0.29, 0.717) is 12.0 Å². The molecule has 0 saturated heterocycles. The largest absolute Gasteiger partial charge is 0.493 e. The summed E-state index contributed by atoms with van der Waals surface area (Å²) in [7, 11) is 3.30. The van der Waals surface area contributed by atoms with Crippen LogP contribution < -0.4 is 20.1 Å². The van der Waals surface area contributed by atoms with Crippen molar-refractivity contribution < 1.29 is 9.47 Å². The molecule has 0 aromatic heterocycles. The van der Waals surface area contributed by atoms with Gasteiger partial charge in [0.1, 0.15) is 0 Å². The molecule has 0 spiro atoms. The number of hydrogen-bond donors (Lipinski definition) is 2. The highest BCUT2D eigenvalue weighted by molar-refractivity contribution is 5.76. The lowest BCUT2D eigenvalue weighted by molar-refractivity contribution is 0.355. The molecule has 1 aromatic carbocycles. The average molecular weight is 236 g/mol. The topological polar surface area (TPSA) is 42.5 Å². The van der Waals surface area contributed by atoms with Gasteiger partial charge in [-0.3, -0.25) is 0 Å². The number of methoxy groups -OCH3 is 2. The summed E-state index contributed by atoms with van der Waals surface area (Å²) in [6.45, 7) is 5.36. The Balaban J connectivity index is 2.32. The monoisotopic (exact) mass is 236 g/mol. The van der Waals surface area contributed by atoms with Crippen molar-refractivity contribution in [2.75, 3.05) is 31.4 Å². The van der Waals surface area contributed by atoms with Crippen LogP contribution in [-0.4, -0.2) is 26.8 Å². The van der Waals surface area contributed by atoms with Gasteiger partial charge in [0, 0.05) is 24.7 Å². The molecule has 0 amide bonds. The zero-order valence-corrected chi connectivity index (χ0v) is 10.8. The van der Waals surface area contributed by atoms with Gasteiger partial charge >= 0.3 is 0 Å². The zero-order valence-electron chi connectivity index (χ0n) is 10.8. The molecule has 1 aliphatic heterocycles. The molecule has 1 aromatic rings. The molecule has 4 heteroatoms. The van der Waals surface area contributed by atoms with E-state index in [9.17, 15) is 0 Å². The van der Waals surface area contributed by atoms with Gasteiger partial charge in [0.2, 0.25) is 0 Å². The molecule has 0 radical (unpaired) electrons. The van der Waals surface area contributed by atoms with Gasteiger partial charge in [-0.25, -0.2) is 0 Å². The molecular formula is C13H20N2O2. The van der Waals surface area contributed by atoms with Crippen LogP contribution in [0.15, 0.2) is 12.1 Å². The Morgan fingerprint density at radius 2 is 1.71 bits per heavy atom. The first-order valence-corrected chi connectivity index (χ1v) is 5.92. The van der Waals surface area contributed by atoms with E-state index < -0.39 is 0 Å². The number of anilines is 2. The number of nitrogens with one attached hydrogen (secondary N) is 2. The number of fused-ring (bicyclic) bond motifs is 1. The van der Waals surface area contributed by atoms with Gasteiger partial charge < -0.3 is 20.1 Å². The van der Waals surface area contributed by atoms with Crippen LogP contribution in [0.2, 0.25) is 0 Å². The molecule has 94 valence electrons.